The van der Waals surface area contributed by atoms with E-state index < -0.39 is 14.3 Å². The molecule has 0 aliphatic heterocycles. The number of hydrogen-bond donors (Lipinski definition) is 4. The minimum Gasteiger partial charge on any atom is -0.336 e. The van der Waals surface area contributed by atoms with Crippen molar-refractivity contribution in [3.05, 3.63) is 0 Å². The molecular formula is C5H17NO5P2. The summed E-state index contributed by atoms with van der Waals surface area (Å²) in [7, 11) is -8.92. The van der Waals surface area contributed by atoms with Crippen LogP contribution in [0.2, 0.25) is 0 Å². The van der Waals surface area contributed by atoms with Crippen LogP contribution >= 0.6 is 14.3 Å². The van der Waals surface area contributed by atoms with Crippen molar-refractivity contribution in [2.75, 3.05) is 13.2 Å². The number of rotatable bonds is 3. The summed E-state index contributed by atoms with van der Waals surface area (Å²) < 4.78 is 19.9. The fourth-order valence-corrected chi connectivity index (χ4v) is 0.204. The lowest BCUT2D eigenvalue weighted by atomic mass is 10.3. The zero-order valence-corrected chi connectivity index (χ0v) is 9.54. The van der Waals surface area contributed by atoms with Gasteiger partial charge in [-0.25, -0.2) is 4.57 Å². The predicted octanol–water partition coefficient (Wildman–Crippen LogP) is 0.724. The molecule has 82 valence electrons. The summed E-state index contributed by atoms with van der Waals surface area (Å²) in [6.07, 6.45) is 2.39. The molecule has 1 atom stereocenters. The highest BCUT2D eigenvalue weighted by Crippen LogP contribution is 2.71. The Bertz CT molecular complexity index is 185. The predicted molar refractivity (Wildman–Crippen MR) is 51.8 cm³/mol. The van der Waals surface area contributed by atoms with Gasteiger partial charge in [0, 0.05) is 6.66 Å². The minimum atomic E-state index is -4.74. The van der Waals surface area contributed by atoms with Crippen LogP contribution in [0.3, 0.4) is 0 Å². The highest BCUT2D eigenvalue weighted by Gasteiger charge is 2.33. The molecule has 0 rings (SSSR count). The Labute approximate surface area is 77.7 Å². The first-order valence-electron chi connectivity index (χ1n) is 3.73. The average Bonchev–Trinajstić information content (AvgIpc) is 1.85. The SMILES string of the molecule is CCCCN.CP(=O)(O)P(=O)(O)O. The van der Waals surface area contributed by atoms with E-state index in [0.717, 1.165) is 6.54 Å². The topological polar surface area (TPSA) is 121 Å². The van der Waals surface area contributed by atoms with Gasteiger partial charge in [-0.3, -0.25) is 4.57 Å². The van der Waals surface area contributed by atoms with Gasteiger partial charge in [0.05, 0.1) is 0 Å². The van der Waals surface area contributed by atoms with Gasteiger partial charge in [0.2, 0.25) is 0 Å². The van der Waals surface area contributed by atoms with Crippen LogP contribution in [0.1, 0.15) is 19.8 Å². The second kappa shape index (κ2) is 6.71. The summed E-state index contributed by atoms with van der Waals surface area (Å²) in [6.45, 7) is 3.59. The molecule has 0 bridgehead atoms. The lowest BCUT2D eigenvalue weighted by molar-refractivity contribution is 0.378. The van der Waals surface area contributed by atoms with Crippen molar-refractivity contribution in [1.29, 1.82) is 0 Å². The molecule has 0 aromatic carbocycles. The molecular weight excluding hydrogens is 216 g/mol. The highest BCUT2D eigenvalue weighted by molar-refractivity contribution is 8.28. The van der Waals surface area contributed by atoms with E-state index in [1.807, 2.05) is 0 Å². The van der Waals surface area contributed by atoms with Crippen LogP contribution in [0, 0.1) is 0 Å². The molecule has 0 aromatic rings. The Hall–Kier alpha value is 0.300. The lowest BCUT2D eigenvalue weighted by Crippen LogP contribution is -1.95. The maximum absolute atomic E-state index is 10.0. The zero-order chi connectivity index (χ0) is 11.1. The standard InChI is InChI=1S/C4H11N.CH6O5P2/c1-2-3-4-5;1-7(2,3)8(4,5)6/h2-5H2,1H3;1H3,(H,2,3)(H2,4,5,6). The van der Waals surface area contributed by atoms with Crippen molar-refractivity contribution in [3.8, 4) is 0 Å². The van der Waals surface area contributed by atoms with E-state index in [-0.39, 0.29) is 0 Å². The van der Waals surface area contributed by atoms with Gasteiger partial charge in [-0.15, -0.1) is 0 Å². The molecule has 0 fully saturated rings. The number of hydrogen-bond acceptors (Lipinski definition) is 3. The van der Waals surface area contributed by atoms with Crippen LogP contribution in [-0.2, 0) is 9.13 Å². The molecule has 1 unspecified atom stereocenters. The summed E-state index contributed by atoms with van der Waals surface area (Å²) in [5.74, 6) is 0. The smallest absolute Gasteiger partial charge is 0.336 e. The fraction of sp³-hybridized carbons (Fsp3) is 1.00. The van der Waals surface area contributed by atoms with Crippen molar-refractivity contribution in [2.24, 2.45) is 5.73 Å². The van der Waals surface area contributed by atoms with E-state index in [1.54, 1.807) is 0 Å². The van der Waals surface area contributed by atoms with Gasteiger partial charge >= 0.3 is 14.3 Å². The Balaban J connectivity index is 0. The summed E-state index contributed by atoms with van der Waals surface area (Å²) in [5, 5.41) is 0. The van der Waals surface area contributed by atoms with Crippen molar-refractivity contribution in [2.45, 2.75) is 19.8 Å². The molecule has 0 amide bonds. The third-order valence-corrected chi connectivity index (χ3v) is 4.91. The maximum Gasteiger partial charge on any atom is 0.407 e. The second-order valence-electron chi connectivity index (χ2n) is 2.49. The first-order valence-corrected chi connectivity index (χ1v) is 8.15. The van der Waals surface area contributed by atoms with Crippen molar-refractivity contribution in [1.82, 2.24) is 0 Å². The first-order chi connectivity index (χ1) is 5.66. The quantitative estimate of drug-likeness (QED) is 0.533. The van der Waals surface area contributed by atoms with Crippen LogP contribution < -0.4 is 5.73 Å². The Morgan fingerprint density at radius 3 is 1.54 bits per heavy atom. The lowest BCUT2D eigenvalue weighted by Gasteiger charge is -2.04. The molecule has 0 radical (unpaired) electrons. The normalized spacial score (nSPS) is 15.5. The Morgan fingerprint density at radius 2 is 1.54 bits per heavy atom. The summed E-state index contributed by atoms with van der Waals surface area (Å²) in [5.41, 5.74) is 5.14. The third kappa shape index (κ3) is 10.2. The maximum atomic E-state index is 10.0. The molecule has 0 aliphatic rings. The molecule has 0 aliphatic carbocycles. The van der Waals surface area contributed by atoms with E-state index in [1.165, 1.54) is 12.8 Å². The molecule has 0 aromatic heterocycles. The van der Waals surface area contributed by atoms with Gasteiger partial charge in [-0.05, 0) is 13.0 Å². The molecule has 0 heterocycles. The van der Waals surface area contributed by atoms with Gasteiger partial charge in [-0.2, -0.15) is 0 Å². The van der Waals surface area contributed by atoms with Gasteiger partial charge in [0.15, 0.2) is 0 Å². The second-order valence-corrected chi connectivity index (χ2v) is 8.98. The van der Waals surface area contributed by atoms with Gasteiger partial charge in [0.25, 0.3) is 0 Å². The number of unbranched alkanes of at least 4 members (excludes halogenated alkanes) is 1. The van der Waals surface area contributed by atoms with E-state index in [0.29, 0.717) is 6.66 Å². The average molecular weight is 233 g/mol. The minimum absolute atomic E-state index is 0.619. The monoisotopic (exact) mass is 233 g/mol. The highest BCUT2D eigenvalue weighted by atomic mass is 32.1. The molecule has 0 spiro atoms. The zero-order valence-electron chi connectivity index (χ0n) is 7.75. The van der Waals surface area contributed by atoms with E-state index >= 15 is 0 Å². The summed E-state index contributed by atoms with van der Waals surface area (Å²) in [4.78, 5) is 24.1. The van der Waals surface area contributed by atoms with Crippen LogP contribution in [0.15, 0.2) is 0 Å². The van der Waals surface area contributed by atoms with Crippen LogP contribution in [0.25, 0.3) is 0 Å². The van der Waals surface area contributed by atoms with Crippen LogP contribution in [0.5, 0.6) is 0 Å². The molecule has 0 saturated heterocycles. The van der Waals surface area contributed by atoms with E-state index in [9.17, 15) is 9.13 Å². The summed E-state index contributed by atoms with van der Waals surface area (Å²) >= 11 is 0. The molecule has 0 saturated carbocycles. The Morgan fingerprint density at radius 1 is 1.23 bits per heavy atom. The first kappa shape index (κ1) is 15.8. The van der Waals surface area contributed by atoms with Crippen molar-refractivity contribution in [3.63, 3.8) is 0 Å². The molecule has 5 N–H and O–H groups in total. The van der Waals surface area contributed by atoms with E-state index in [2.05, 4.69) is 6.92 Å². The molecule has 13 heavy (non-hydrogen) atoms. The van der Waals surface area contributed by atoms with Gasteiger partial charge in [0.1, 0.15) is 0 Å². The van der Waals surface area contributed by atoms with E-state index in [4.69, 9.17) is 20.4 Å². The van der Waals surface area contributed by atoms with Crippen LogP contribution in [-0.4, -0.2) is 27.9 Å². The molecule has 8 heteroatoms. The van der Waals surface area contributed by atoms with Gasteiger partial charge < -0.3 is 20.4 Å². The van der Waals surface area contributed by atoms with Crippen molar-refractivity contribution >= 4 is 14.3 Å². The largest absolute Gasteiger partial charge is 0.407 e. The fourth-order valence-electron chi connectivity index (χ4n) is 0.204. The number of nitrogens with two attached hydrogens (primary N) is 1. The third-order valence-electron chi connectivity index (χ3n) is 1.04. The summed E-state index contributed by atoms with van der Waals surface area (Å²) in [6, 6.07) is 0. The van der Waals surface area contributed by atoms with Crippen LogP contribution in [0.4, 0.5) is 0 Å². The van der Waals surface area contributed by atoms with Gasteiger partial charge in [-0.1, -0.05) is 13.3 Å². The Kier molecular flexibility index (Phi) is 8.13. The van der Waals surface area contributed by atoms with Crippen molar-refractivity contribution < 1.29 is 23.8 Å². The molecule has 6 nitrogen and oxygen atoms in total.